The average molecular weight is 363 g/mol. The van der Waals surface area contributed by atoms with Crippen LogP contribution in [-0.2, 0) is 9.47 Å². The Morgan fingerprint density at radius 1 is 1.00 bits per heavy atom. The molecule has 0 saturated heterocycles. The zero-order valence-corrected chi connectivity index (χ0v) is 16.6. The third-order valence-corrected chi connectivity index (χ3v) is 4.79. The minimum Gasteiger partial charge on any atom is -0.493 e. The van der Waals surface area contributed by atoms with Crippen molar-refractivity contribution in [2.75, 3.05) is 34.0 Å². The van der Waals surface area contributed by atoms with Gasteiger partial charge in [-0.15, -0.1) is 0 Å². The molecule has 0 N–H and O–H groups in total. The predicted octanol–water partition coefficient (Wildman–Crippen LogP) is 4.47. The van der Waals surface area contributed by atoms with Crippen molar-refractivity contribution in [3.63, 3.8) is 0 Å². The van der Waals surface area contributed by atoms with Gasteiger partial charge in [0.05, 0.1) is 20.8 Å². The first-order valence-electron chi connectivity index (χ1n) is 9.73. The molecule has 1 aromatic carbocycles. The van der Waals surface area contributed by atoms with Gasteiger partial charge in [-0.25, -0.2) is 0 Å². The lowest BCUT2D eigenvalue weighted by atomic mass is 9.83. The molecule has 1 aromatic rings. The van der Waals surface area contributed by atoms with Crippen molar-refractivity contribution < 1.29 is 18.9 Å². The summed E-state index contributed by atoms with van der Waals surface area (Å²) in [6.45, 7) is 5.71. The molecule has 0 aliphatic heterocycles. The highest BCUT2D eigenvalue weighted by atomic mass is 16.7. The second kappa shape index (κ2) is 11.2. The maximum Gasteiger partial charge on any atom is 0.176 e. The summed E-state index contributed by atoms with van der Waals surface area (Å²) in [5.74, 6) is 1.95. The first-order chi connectivity index (χ1) is 12.7. The van der Waals surface area contributed by atoms with Crippen molar-refractivity contribution in [3.8, 4) is 11.5 Å². The second-order valence-corrected chi connectivity index (χ2v) is 6.47. The Hall–Kier alpha value is -1.59. The van der Waals surface area contributed by atoms with Crippen molar-refractivity contribution in [2.45, 2.75) is 52.2 Å². The van der Waals surface area contributed by atoms with Crippen molar-refractivity contribution >= 4 is 5.71 Å². The standard InChI is InChI=1S/C21H33NO4/c1-5-25-20(26-6-2)15-22-21(16-10-8-7-9-11-16)17-12-13-18(23-3)19(14-17)24-4/h12-14,16,20H,5-11,15H2,1-4H3. The smallest absolute Gasteiger partial charge is 0.176 e. The van der Waals surface area contributed by atoms with E-state index in [1.165, 1.54) is 32.1 Å². The molecule has 0 heterocycles. The van der Waals surface area contributed by atoms with Gasteiger partial charge in [0.25, 0.3) is 0 Å². The molecule has 1 fully saturated rings. The lowest BCUT2D eigenvalue weighted by molar-refractivity contribution is -0.128. The summed E-state index contributed by atoms with van der Waals surface area (Å²) in [4.78, 5) is 4.96. The summed E-state index contributed by atoms with van der Waals surface area (Å²) in [5.41, 5.74) is 2.23. The number of methoxy groups -OCH3 is 2. The van der Waals surface area contributed by atoms with Crippen molar-refractivity contribution in [1.82, 2.24) is 0 Å². The topological polar surface area (TPSA) is 49.3 Å². The number of ether oxygens (including phenoxy) is 4. The molecule has 0 amide bonds. The van der Waals surface area contributed by atoms with E-state index in [9.17, 15) is 0 Å². The first kappa shape index (κ1) is 20.7. The van der Waals surface area contributed by atoms with Crippen LogP contribution in [-0.4, -0.2) is 46.0 Å². The minimum absolute atomic E-state index is 0.288. The lowest BCUT2D eigenvalue weighted by Gasteiger charge is -2.25. The predicted molar refractivity (Wildman–Crippen MR) is 105 cm³/mol. The largest absolute Gasteiger partial charge is 0.493 e. The first-order valence-corrected chi connectivity index (χ1v) is 9.73. The van der Waals surface area contributed by atoms with Crippen LogP contribution < -0.4 is 9.47 Å². The number of hydrogen-bond acceptors (Lipinski definition) is 5. The van der Waals surface area contributed by atoms with Crippen molar-refractivity contribution in [3.05, 3.63) is 23.8 Å². The Labute approximate surface area is 157 Å². The highest BCUT2D eigenvalue weighted by Gasteiger charge is 2.22. The Bertz CT molecular complexity index is 561. The van der Waals surface area contributed by atoms with Gasteiger partial charge in [0, 0.05) is 24.8 Å². The third-order valence-electron chi connectivity index (χ3n) is 4.79. The van der Waals surface area contributed by atoms with Gasteiger partial charge in [-0.3, -0.25) is 4.99 Å². The van der Waals surface area contributed by atoms with Gasteiger partial charge >= 0.3 is 0 Å². The fourth-order valence-electron chi connectivity index (χ4n) is 3.53. The van der Waals surface area contributed by atoms with E-state index in [-0.39, 0.29) is 6.29 Å². The molecule has 0 atom stereocenters. The molecule has 2 rings (SSSR count). The monoisotopic (exact) mass is 363 g/mol. The lowest BCUT2D eigenvalue weighted by Crippen LogP contribution is -2.24. The highest BCUT2D eigenvalue weighted by Crippen LogP contribution is 2.32. The molecule has 0 aromatic heterocycles. The molecule has 1 saturated carbocycles. The summed E-state index contributed by atoms with van der Waals surface area (Å²) in [7, 11) is 3.32. The van der Waals surface area contributed by atoms with Gasteiger partial charge in [0.15, 0.2) is 17.8 Å². The van der Waals surface area contributed by atoms with E-state index in [1.54, 1.807) is 14.2 Å². The maximum absolute atomic E-state index is 5.66. The molecule has 0 unspecified atom stereocenters. The molecule has 0 radical (unpaired) electrons. The Morgan fingerprint density at radius 3 is 2.23 bits per heavy atom. The Morgan fingerprint density at radius 2 is 1.65 bits per heavy atom. The zero-order chi connectivity index (χ0) is 18.8. The minimum atomic E-state index is -0.288. The summed E-state index contributed by atoms with van der Waals surface area (Å²) < 4.78 is 22.2. The maximum atomic E-state index is 5.66. The molecule has 146 valence electrons. The molecule has 0 spiro atoms. The number of hydrogen-bond donors (Lipinski definition) is 0. The summed E-state index contributed by atoms with van der Waals surface area (Å²) >= 11 is 0. The summed E-state index contributed by atoms with van der Waals surface area (Å²) in [6, 6.07) is 6.06. The fraction of sp³-hybridized carbons (Fsp3) is 0.667. The SMILES string of the molecule is CCOC(CN=C(c1ccc(OC)c(OC)c1)C1CCCCC1)OCC. The van der Waals surface area contributed by atoms with E-state index in [2.05, 4.69) is 6.07 Å². The quantitative estimate of drug-likeness (QED) is 0.454. The van der Waals surface area contributed by atoms with Crippen LogP contribution in [0.15, 0.2) is 23.2 Å². The fourth-order valence-corrected chi connectivity index (χ4v) is 3.53. The van der Waals surface area contributed by atoms with Gasteiger partial charge in [0.2, 0.25) is 0 Å². The molecular weight excluding hydrogens is 330 g/mol. The van der Waals surface area contributed by atoms with Crippen LogP contribution in [0.25, 0.3) is 0 Å². The molecule has 1 aliphatic carbocycles. The molecule has 5 nitrogen and oxygen atoms in total. The summed E-state index contributed by atoms with van der Waals surface area (Å²) in [6.07, 6.45) is 5.91. The molecular formula is C21H33NO4. The van der Waals surface area contributed by atoms with Crippen LogP contribution in [0.1, 0.15) is 51.5 Å². The van der Waals surface area contributed by atoms with E-state index >= 15 is 0 Å². The zero-order valence-electron chi connectivity index (χ0n) is 16.6. The molecule has 5 heteroatoms. The normalized spacial score (nSPS) is 16.1. The van der Waals surface area contributed by atoms with Gasteiger partial charge in [0.1, 0.15) is 0 Å². The van der Waals surface area contributed by atoms with Crippen molar-refractivity contribution in [2.24, 2.45) is 10.9 Å². The number of benzene rings is 1. The number of nitrogens with zero attached hydrogens (tertiary/aromatic N) is 1. The van der Waals surface area contributed by atoms with Crippen LogP contribution in [0.4, 0.5) is 0 Å². The van der Waals surface area contributed by atoms with E-state index in [0.717, 1.165) is 22.8 Å². The van der Waals surface area contributed by atoms with E-state index in [4.69, 9.17) is 23.9 Å². The average Bonchev–Trinajstić information content (AvgIpc) is 2.69. The van der Waals surface area contributed by atoms with Crippen LogP contribution >= 0.6 is 0 Å². The van der Waals surface area contributed by atoms with Gasteiger partial charge < -0.3 is 18.9 Å². The third kappa shape index (κ3) is 5.71. The van der Waals surface area contributed by atoms with E-state index in [0.29, 0.717) is 25.7 Å². The Kier molecular flexibility index (Phi) is 8.92. The molecule has 0 bridgehead atoms. The second-order valence-electron chi connectivity index (χ2n) is 6.47. The van der Waals surface area contributed by atoms with Crippen LogP contribution in [0.3, 0.4) is 0 Å². The molecule has 26 heavy (non-hydrogen) atoms. The van der Waals surface area contributed by atoms with E-state index < -0.39 is 0 Å². The van der Waals surface area contributed by atoms with Gasteiger partial charge in [-0.05, 0) is 50.5 Å². The van der Waals surface area contributed by atoms with Crippen molar-refractivity contribution in [1.29, 1.82) is 0 Å². The Balaban J connectivity index is 2.29. The summed E-state index contributed by atoms with van der Waals surface area (Å²) in [5, 5.41) is 0. The van der Waals surface area contributed by atoms with Gasteiger partial charge in [-0.2, -0.15) is 0 Å². The highest BCUT2D eigenvalue weighted by molar-refractivity contribution is 6.02. The van der Waals surface area contributed by atoms with Gasteiger partial charge in [-0.1, -0.05) is 19.3 Å². The van der Waals surface area contributed by atoms with Crippen LogP contribution in [0, 0.1) is 5.92 Å². The number of rotatable bonds is 10. The number of aliphatic imine (C=N–C) groups is 1. The van der Waals surface area contributed by atoms with Crippen LogP contribution in [0.5, 0.6) is 11.5 Å². The molecule has 1 aliphatic rings. The van der Waals surface area contributed by atoms with Crippen LogP contribution in [0.2, 0.25) is 0 Å². The van der Waals surface area contributed by atoms with E-state index in [1.807, 2.05) is 26.0 Å².